The summed E-state index contributed by atoms with van der Waals surface area (Å²) in [7, 11) is -0.394. The van der Waals surface area contributed by atoms with E-state index in [9.17, 15) is 8.42 Å². The van der Waals surface area contributed by atoms with Gasteiger partial charge in [-0.15, -0.1) is 0 Å². The van der Waals surface area contributed by atoms with Gasteiger partial charge in [0.2, 0.25) is 0 Å². The highest BCUT2D eigenvalue weighted by atomic mass is 32.2. The van der Waals surface area contributed by atoms with Crippen LogP contribution in [0.5, 0.6) is 0 Å². The highest BCUT2D eigenvalue weighted by Crippen LogP contribution is 2.26. The lowest BCUT2D eigenvalue weighted by molar-refractivity contribution is 0.473. The van der Waals surface area contributed by atoms with Crippen molar-refractivity contribution in [2.75, 3.05) is 14.1 Å². The molecule has 0 aromatic rings. The minimum atomic E-state index is -3.38. The van der Waals surface area contributed by atoms with E-state index in [2.05, 4.69) is 4.72 Å². The highest BCUT2D eigenvalue weighted by Gasteiger charge is 2.32. The highest BCUT2D eigenvalue weighted by molar-refractivity contribution is 7.87. The van der Waals surface area contributed by atoms with Crippen LogP contribution in [0.2, 0.25) is 0 Å². The van der Waals surface area contributed by atoms with Crippen LogP contribution in [-0.4, -0.2) is 37.8 Å². The SMILES string of the molecule is CN(C)S(=O)(=O)NC1CCCC1C(N)=S. The van der Waals surface area contributed by atoms with Gasteiger partial charge in [0.15, 0.2) is 0 Å². The van der Waals surface area contributed by atoms with Crippen molar-refractivity contribution in [2.45, 2.75) is 25.3 Å². The fourth-order valence-corrected chi connectivity index (χ4v) is 2.90. The molecule has 88 valence electrons. The summed E-state index contributed by atoms with van der Waals surface area (Å²) in [5, 5.41) is 0. The molecule has 1 saturated carbocycles. The number of nitrogens with one attached hydrogen (secondary N) is 1. The predicted octanol–water partition coefficient (Wildman–Crippen LogP) is -0.163. The summed E-state index contributed by atoms with van der Waals surface area (Å²) in [6, 6.07) is -0.144. The molecule has 0 aromatic heterocycles. The average Bonchev–Trinajstić information content (AvgIpc) is 2.51. The number of hydrogen-bond acceptors (Lipinski definition) is 3. The van der Waals surface area contributed by atoms with E-state index in [-0.39, 0.29) is 12.0 Å². The van der Waals surface area contributed by atoms with Crippen LogP contribution in [0.1, 0.15) is 19.3 Å². The summed E-state index contributed by atoms with van der Waals surface area (Å²) >= 11 is 4.92. The molecular weight excluding hydrogens is 234 g/mol. The van der Waals surface area contributed by atoms with Gasteiger partial charge in [-0.2, -0.15) is 17.4 Å². The molecule has 1 aliphatic carbocycles. The van der Waals surface area contributed by atoms with Crippen LogP contribution in [0, 0.1) is 5.92 Å². The normalized spacial score (nSPS) is 27.1. The van der Waals surface area contributed by atoms with E-state index in [0.717, 1.165) is 23.6 Å². The molecule has 7 heteroatoms. The molecule has 0 bridgehead atoms. The summed E-state index contributed by atoms with van der Waals surface area (Å²) in [5.41, 5.74) is 5.57. The lowest BCUT2D eigenvalue weighted by atomic mass is 10.1. The Balaban J connectivity index is 2.70. The zero-order chi connectivity index (χ0) is 11.6. The molecule has 2 unspecified atom stereocenters. The van der Waals surface area contributed by atoms with Crippen molar-refractivity contribution in [2.24, 2.45) is 11.7 Å². The van der Waals surface area contributed by atoms with Crippen LogP contribution in [0.4, 0.5) is 0 Å². The zero-order valence-electron chi connectivity index (χ0n) is 8.93. The van der Waals surface area contributed by atoms with Gasteiger partial charge in [0.25, 0.3) is 10.2 Å². The first-order chi connectivity index (χ1) is 6.84. The van der Waals surface area contributed by atoms with E-state index in [0.29, 0.717) is 4.99 Å². The first-order valence-electron chi connectivity index (χ1n) is 4.83. The zero-order valence-corrected chi connectivity index (χ0v) is 10.6. The Morgan fingerprint density at radius 1 is 1.47 bits per heavy atom. The van der Waals surface area contributed by atoms with E-state index in [1.807, 2.05) is 0 Å². The third-order valence-electron chi connectivity index (χ3n) is 2.66. The van der Waals surface area contributed by atoms with Crippen LogP contribution < -0.4 is 10.5 Å². The number of nitrogens with zero attached hydrogens (tertiary/aromatic N) is 1. The number of rotatable bonds is 4. The minimum absolute atomic E-state index is 0.00488. The largest absolute Gasteiger partial charge is 0.393 e. The van der Waals surface area contributed by atoms with Crippen LogP contribution >= 0.6 is 12.2 Å². The van der Waals surface area contributed by atoms with Gasteiger partial charge in [0, 0.05) is 26.1 Å². The summed E-state index contributed by atoms with van der Waals surface area (Å²) in [6.07, 6.45) is 2.63. The van der Waals surface area contributed by atoms with Gasteiger partial charge in [0.1, 0.15) is 0 Å². The van der Waals surface area contributed by atoms with Crippen molar-refractivity contribution in [3.8, 4) is 0 Å². The van der Waals surface area contributed by atoms with Gasteiger partial charge in [-0.1, -0.05) is 18.6 Å². The molecule has 0 heterocycles. The van der Waals surface area contributed by atoms with Crippen LogP contribution in [0.3, 0.4) is 0 Å². The van der Waals surface area contributed by atoms with Crippen LogP contribution in [-0.2, 0) is 10.2 Å². The molecule has 5 nitrogen and oxygen atoms in total. The topological polar surface area (TPSA) is 75.4 Å². The molecule has 0 radical (unpaired) electrons. The Bertz CT molecular complexity index is 340. The Labute approximate surface area is 96.2 Å². The van der Waals surface area contributed by atoms with Gasteiger partial charge in [-0.3, -0.25) is 0 Å². The first-order valence-corrected chi connectivity index (χ1v) is 6.68. The molecule has 0 aromatic carbocycles. The standard InChI is InChI=1S/C8H17N3O2S2/c1-11(2)15(12,13)10-7-5-3-4-6(7)8(9)14/h6-7,10H,3-5H2,1-2H3,(H2,9,14). The third-order valence-corrected chi connectivity index (χ3v) is 4.53. The Kier molecular flexibility index (Phi) is 4.05. The van der Waals surface area contributed by atoms with Crippen molar-refractivity contribution < 1.29 is 8.42 Å². The lowest BCUT2D eigenvalue weighted by Gasteiger charge is -2.22. The maximum atomic E-state index is 11.6. The maximum absolute atomic E-state index is 11.6. The fourth-order valence-electron chi connectivity index (χ4n) is 1.74. The van der Waals surface area contributed by atoms with Crippen molar-refractivity contribution in [3.05, 3.63) is 0 Å². The second-order valence-electron chi connectivity index (χ2n) is 3.95. The van der Waals surface area contributed by atoms with Crippen molar-refractivity contribution in [1.29, 1.82) is 0 Å². The molecule has 0 aliphatic heterocycles. The molecule has 1 fully saturated rings. The Morgan fingerprint density at radius 2 is 2.07 bits per heavy atom. The van der Waals surface area contributed by atoms with E-state index in [4.69, 9.17) is 18.0 Å². The molecule has 1 rings (SSSR count). The monoisotopic (exact) mass is 251 g/mol. The third kappa shape index (κ3) is 3.10. The van der Waals surface area contributed by atoms with Gasteiger partial charge in [-0.05, 0) is 12.8 Å². The average molecular weight is 251 g/mol. The maximum Gasteiger partial charge on any atom is 0.279 e. The van der Waals surface area contributed by atoms with Crippen molar-refractivity contribution >= 4 is 27.4 Å². The minimum Gasteiger partial charge on any atom is -0.393 e. The van der Waals surface area contributed by atoms with E-state index < -0.39 is 10.2 Å². The van der Waals surface area contributed by atoms with Gasteiger partial charge in [0.05, 0.1) is 4.99 Å². The summed E-state index contributed by atoms with van der Waals surface area (Å²) in [6.45, 7) is 0. The second-order valence-corrected chi connectivity index (χ2v) is 6.34. The summed E-state index contributed by atoms with van der Waals surface area (Å²) in [5.74, 6) is -0.00488. The van der Waals surface area contributed by atoms with Gasteiger partial charge in [-0.25, -0.2) is 0 Å². The van der Waals surface area contributed by atoms with Crippen LogP contribution in [0.15, 0.2) is 0 Å². The predicted molar refractivity (Wildman–Crippen MR) is 63.7 cm³/mol. The molecular formula is C8H17N3O2S2. The van der Waals surface area contributed by atoms with Gasteiger partial charge < -0.3 is 5.73 Å². The quantitative estimate of drug-likeness (QED) is 0.681. The number of thiocarbonyl (C=S) groups is 1. The Hall–Kier alpha value is -0.240. The smallest absolute Gasteiger partial charge is 0.279 e. The second kappa shape index (κ2) is 4.73. The molecule has 2 atom stereocenters. The van der Waals surface area contributed by atoms with Crippen LogP contribution in [0.25, 0.3) is 0 Å². The van der Waals surface area contributed by atoms with Gasteiger partial charge >= 0.3 is 0 Å². The summed E-state index contributed by atoms with van der Waals surface area (Å²) < 4.78 is 26.9. The van der Waals surface area contributed by atoms with Crippen molar-refractivity contribution in [1.82, 2.24) is 9.03 Å². The molecule has 0 amide bonds. The van der Waals surface area contributed by atoms with E-state index >= 15 is 0 Å². The molecule has 15 heavy (non-hydrogen) atoms. The molecule has 3 N–H and O–H groups in total. The molecule has 0 spiro atoms. The molecule has 0 saturated heterocycles. The first kappa shape index (κ1) is 12.8. The van der Waals surface area contributed by atoms with E-state index in [1.165, 1.54) is 14.1 Å². The number of hydrogen-bond donors (Lipinski definition) is 2. The van der Waals surface area contributed by atoms with E-state index in [1.54, 1.807) is 0 Å². The molecule has 1 aliphatic rings. The number of nitrogens with two attached hydrogens (primary N) is 1. The Morgan fingerprint density at radius 3 is 2.53 bits per heavy atom. The van der Waals surface area contributed by atoms with Crippen molar-refractivity contribution in [3.63, 3.8) is 0 Å². The lowest BCUT2D eigenvalue weighted by Crippen LogP contribution is -2.46. The fraction of sp³-hybridized carbons (Fsp3) is 0.875. The summed E-state index contributed by atoms with van der Waals surface area (Å²) in [4.78, 5) is 0.402.